The number of fused-ring (bicyclic) bond motifs is 1. The molecule has 0 radical (unpaired) electrons. The molecule has 0 unspecified atom stereocenters. The Morgan fingerprint density at radius 3 is 2.86 bits per heavy atom. The summed E-state index contributed by atoms with van der Waals surface area (Å²) in [6, 6.07) is 5.16. The lowest BCUT2D eigenvalue weighted by Gasteiger charge is -2.34. The van der Waals surface area contributed by atoms with Crippen molar-refractivity contribution in [2.24, 2.45) is 16.6 Å². The molecule has 6 nitrogen and oxygen atoms in total. The van der Waals surface area contributed by atoms with Crippen LogP contribution in [0.4, 0.5) is 14.5 Å². The summed E-state index contributed by atoms with van der Waals surface area (Å²) < 4.78 is 28.6. The van der Waals surface area contributed by atoms with Crippen molar-refractivity contribution in [3.8, 4) is 0 Å². The van der Waals surface area contributed by atoms with Crippen molar-refractivity contribution >= 4 is 40.1 Å². The molecular formula is C19H17ClF2N4O2S. The fourth-order valence-electron chi connectivity index (χ4n) is 3.84. The molecule has 1 aliphatic heterocycles. The summed E-state index contributed by atoms with van der Waals surface area (Å²) in [6.07, 6.45) is 1.88. The van der Waals surface area contributed by atoms with Crippen LogP contribution in [0.25, 0.3) is 0 Å². The van der Waals surface area contributed by atoms with Gasteiger partial charge in [0.2, 0.25) is 0 Å². The van der Waals surface area contributed by atoms with Gasteiger partial charge in [0, 0.05) is 29.4 Å². The molecule has 4 rings (SSSR count). The monoisotopic (exact) mass is 438 g/mol. The van der Waals surface area contributed by atoms with Crippen LogP contribution in [0.15, 0.2) is 35.5 Å². The zero-order valence-corrected chi connectivity index (χ0v) is 16.8. The summed E-state index contributed by atoms with van der Waals surface area (Å²) in [5, 5.41) is 12.9. The topological polar surface area (TPSA) is 101 Å². The molecule has 1 aliphatic carbocycles. The van der Waals surface area contributed by atoms with Gasteiger partial charge < -0.3 is 16.2 Å². The number of carbonyl (C=O) groups excluding carboxylic acids is 1. The van der Waals surface area contributed by atoms with Gasteiger partial charge in [0.05, 0.1) is 21.9 Å². The molecule has 10 heteroatoms. The number of carbonyl (C=O) groups is 1. The minimum atomic E-state index is -1.16. The first-order valence-electron chi connectivity index (χ1n) is 8.76. The van der Waals surface area contributed by atoms with Gasteiger partial charge in [-0.25, -0.2) is 13.8 Å². The number of amidine groups is 1. The Morgan fingerprint density at radius 1 is 1.45 bits per heavy atom. The second-order valence-electron chi connectivity index (χ2n) is 7.31. The van der Waals surface area contributed by atoms with E-state index in [2.05, 4.69) is 15.3 Å². The van der Waals surface area contributed by atoms with Gasteiger partial charge >= 0.3 is 0 Å². The maximum Gasteiger partial charge on any atom is 0.274 e. The Bertz CT molecular complexity index is 1040. The number of nitrogens with two attached hydrogens (primary N) is 1. The minimum Gasteiger partial charge on any atom is -0.395 e. The Labute approximate surface area is 174 Å². The number of halogens is 3. The summed E-state index contributed by atoms with van der Waals surface area (Å²) in [7, 11) is 0. The van der Waals surface area contributed by atoms with Crippen molar-refractivity contribution in [2.75, 3.05) is 11.9 Å². The SMILES string of the molecule is C[C@@]1(c2cc(NC(=O)c3ccc(Cl)cn3)cc(F)c2F)N=C(N)S[C@@]2(CO)C[C@H]21. The van der Waals surface area contributed by atoms with E-state index >= 15 is 0 Å². The van der Waals surface area contributed by atoms with Gasteiger partial charge in [0.15, 0.2) is 16.8 Å². The van der Waals surface area contributed by atoms with Crippen LogP contribution in [0.1, 0.15) is 29.4 Å². The summed E-state index contributed by atoms with van der Waals surface area (Å²) in [6.45, 7) is 1.52. The first-order chi connectivity index (χ1) is 13.7. The van der Waals surface area contributed by atoms with Crippen LogP contribution < -0.4 is 11.1 Å². The Balaban J connectivity index is 1.70. The molecule has 0 saturated heterocycles. The predicted octanol–water partition coefficient (Wildman–Crippen LogP) is 3.29. The number of rotatable bonds is 4. The average molecular weight is 439 g/mol. The zero-order chi connectivity index (χ0) is 21.0. The molecule has 1 fully saturated rings. The highest BCUT2D eigenvalue weighted by Crippen LogP contribution is 2.65. The van der Waals surface area contributed by atoms with Crippen LogP contribution in [0.3, 0.4) is 0 Å². The molecule has 2 heterocycles. The van der Waals surface area contributed by atoms with Gasteiger partial charge in [0.1, 0.15) is 5.69 Å². The highest BCUT2D eigenvalue weighted by molar-refractivity contribution is 8.15. The first kappa shape index (κ1) is 20.1. The minimum absolute atomic E-state index is 0.0274. The van der Waals surface area contributed by atoms with Gasteiger partial charge in [-0.15, -0.1) is 0 Å². The van der Waals surface area contributed by atoms with Crippen molar-refractivity contribution < 1.29 is 18.7 Å². The fraction of sp³-hybridized carbons (Fsp3) is 0.316. The molecule has 0 spiro atoms. The number of hydrogen-bond acceptors (Lipinski definition) is 6. The van der Waals surface area contributed by atoms with Crippen LogP contribution in [0, 0.1) is 17.6 Å². The molecule has 2 aromatic rings. The van der Waals surface area contributed by atoms with E-state index < -0.39 is 27.8 Å². The van der Waals surface area contributed by atoms with Crippen LogP contribution in [-0.2, 0) is 5.54 Å². The molecule has 29 heavy (non-hydrogen) atoms. The smallest absolute Gasteiger partial charge is 0.274 e. The quantitative estimate of drug-likeness (QED) is 0.680. The van der Waals surface area contributed by atoms with Gasteiger partial charge in [-0.05, 0) is 31.5 Å². The summed E-state index contributed by atoms with van der Waals surface area (Å²) >= 11 is 7.02. The number of aliphatic imine (C=N–C) groups is 1. The largest absolute Gasteiger partial charge is 0.395 e. The molecule has 0 bridgehead atoms. The lowest BCUT2D eigenvalue weighted by atomic mass is 9.85. The second kappa shape index (κ2) is 6.93. The Morgan fingerprint density at radius 2 is 2.21 bits per heavy atom. The molecule has 1 saturated carbocycles. The molecule has 2 aliphatic rings. The van der Waals surface area contributed by atoms with E-state index in [0.717, 1.165) is 6.07 Å². The third-order valence-corrected chi connectivity index (χ3v) is 6.92. The van der Waals surface area contributed by atoms with Crippen LogP contribution >= 0.6 is 23.4 Å². The second-order valence-corrected chi connectivity index (χ2v) is 9.19. The lowest BCUT2D eigenvalue weighted by Crippen LogP contribution is -2.37. The number of thioether (sulfide) groups is 1. The number of pyridine rings is 1. The van der Waals surface area contributed by atoms with E-state index in [1.807, 2.05) is 0 Å². The summed E-state index contributed by atoms with van der Waals surface area (Å²) in [5.74, 6) is -2.99. The van der Waals surface area contributed by atoms with Crippen LogP contribution in [-0.4, -0.2) is 32.5 Å². The molecule has 1 amide bonds. The number of hydrogen-bond donors (Lipinski definition) is 3. The average Bonchev–Trinajstić information content (AvgIpc) is 3.41. The Kier molecular flexibility index (Phi) is 4.79. The number of nitrogens with one attached hydrogen (secondary N) is 1. The number of aromatic nitrogens is 1. The molecular weight excluding hydrogens is 422 g/mol. The first-order valence-corrected chi connectivity index (χ1v) is 9.95. The van der Waals surface area contributed by atoms with Crippen molar-refractivity contribution in [3.05, 3.63) is 58.4 Å². The number of nitrogens with zero attached hydrogens (tertiary/aromatic N) is 2. The van der Waals surface area contributed by atoms with Crippen molar-refractivity contribution in [2.45, 2.75) is 23.6 Å². The van der Waals surface area contributed by atoms with E-state index in [4.69, 9.17) is 17.3 Å². The van der Waals surface area contributed by atoms with Gasteiger partial charge in [-0.3, -0.25) is 9.79 Å². The fourth-order valence-corrected chi connectivity index (χ4v) is 5.29. The van der Waals surface area contributed by atoms with Gasteiger partial charge in [-0.1, -0.05) is 23.4 Å². The molecule has 3 atom stereocenters. The summed E-state index contributed by atoms with van der Waals surface area (Å²) in [4.78, 5) is 20.7. The molecule has 152 valence electrons. The maximum absolute atomic E-state index is 14.8. The number of aliphatic hydroxyl groups is 1. The van der Waals surface area contributed by atoms with E-state index in [1.54, 1.807) is 6.92 Å². The van der Waals surface area contributed by atoms with E-state index in [0.29, 0.717) is 11.4 Å². The van der Waals surface area contributed by atoms with Crippen molar-refractivity contribution in [1.29, 1.82) is 0 Å². The number of anilines is 1. The van der Waals surface area contributed by atoms with Gasteiger partial charge in [0.25, 0.3) is 5.91 Å². The van der Waals surface area contributed by atoms with Crippen LogP contribution in [0.2, 0.25) is 5.02 Å². The number of benzene rings is 1. The Hall–Kier alpha value is -2.23. The third kappa shape index (κ3) is 3.37. The highest BCUT2D eigenvalue weighted by Gasteiger charge is 2.66. The number of aliphatic hydroxyl groups excluding tert-OH is 1. The van der Waals surface area contributed by atoms with Crippen molar-refractivity contribution in [1.82, 2.24) is 4.98 Å². The predicted molar refractivity (Wildman–Crippen MR) is 108 cm³/mol. The molecule has 4 N–H and O–H groups in total. The number of amides is 1. The normalized spacial score (nSPS) is 27.8. The molecule has 1 aromatic carbocycles. The van der Waals surface area contributed by atoms with E-state index in [9.17, 15) is 18.7 Å². The third-order valence-electron chi connectivity index (χ3n) is 5.41. The van der Waals surface area contributed by atoms with Gasteiger partial charge in [-0.2, -0.15) is 0 Å². The van der Waals surface area contributed by atoms with E-state index in [-0.39, 0.29) is 34.6 Å². The lowest BCUT2D eigenvalue weighted by molar-refractivity contribution is 0.102. The molecule has 1 aromatic heterocycles. The summed E-state index contributed by atoms with van der Waals surface area (Å²) in [5.41, 5.74) is 4.86. The standard InChI is InChI=1S/C19H17ClF2N4O2S/c1-18(14-6-19(14,8-27)29-17(23)26-18)11-4-10(5-12(21)15(11)22)25-16(28)13-3-2-9(20)7-24-13/h2-5,7,14,27H,6,8H2,1H3,(H2,23,26)(H,25,28)/t14-,18-,19+/m0/s1. The van der Waals surface area contributed by atoms with Crippen LogP contribution in [0.5, 0.6) is 0 Å². The zero-order valence-electron chi connectivity index (χ0n) is 15.2. The van der Waals surface area contributed by atoms with E-state index in [1.165, 1.54) is 36.2 Å². The highest BCUT2D eigenvalue weighted by atomic mass is 35.5. The van der Waals surface area contributed by atoms with Crippen molar-refractivity contribution in [3.63, 3.8) is 0 Å². The maximum atomic E-state index is 14.8.